The zero-order valence-electron chi connectivity index (χ0n) is 10.2. The molecule has 1 saturated heterocycles. The van der Waals surface area contributed by atoms with E-state index < -0.39 is 0 Å². The molecule has 1 atom stereocenters. The Hall–Kier alpha value is -1.00. The summed E-state index contributed by atoms with van der Waals surface area (Å²) in [5, 5.41) is 6.21. The summed E-state index contributed by atoms with van der Waals surface area (Å²) in [7, 11) is 0. The number of thioether (sulfide) groups is 1. The van der Waals surface area contributed by atoms with Gasteiger partial charge in [0.05, 0.1) is 6.04 Å². The summed E-state index contributed by atoms with van der Waals surface area (Å²) in [6, 6.07) is 6.04. The van der Waals surface area contributed by atoms with Crippen molar-refractivity contribution in [3.8, 4) is 0 Å². The fourth-order valence-electron chi connectivity index (χ4n) is 2.01. The molecule has 1 heterocycles. The van der Waals surface area contributed by atoms with E-state index in [0.29, 0.717) is 0 Å². The molecule has 3 nitrogen and oxygen atoms in total. The van der Waals surface area contributed by atoms with E-state index in [9.17, 15) is 4.79 Å². The molecule has 0 radical (unpaired) electrons. The van der Waals surface area contributed by atoms with Crippen LogP contribution in [-0.4, -0.2) is 30.0 Å². The van der Waals surface area contributed by atoms with Gasteiger partial charge in [0.2, 0.25) is 5.91 Å². The summed E-state index contributed by atoms with van der Waals surface area (Å²) in [5.41, 5.74) is 3.24. The Morgan fingerprint density at radius 3 is 2.65 bits per heavy atom. The third-order valence-corrected chi connectivity index (χ3v) is 3.79. The molecule has 0 saturated carbocycles. The number of benzene rings is 1. The van der Waals surface area contributed by atoms with E-state index >= 15 is 0 Å². The number of aryl methyl sites for hydroxylation is 2. The first-order chi connectivity index (χ1) is 8.15. The average molecular weight is 250 g/mol. The Balaban J connectivity index is 2.01. The van der Waals surface area contributed by atoms with Gasteiger partial charge in [0, 0.05) is 23.7 Å². The monoisotopic (exact) mass is 250 g/mol. The molecule has 17 heavy (non-hydrogen) atoms. The third-order valence-electron chi connectivity index (χ3n) is 2.73. The zero-order valence-corrected chi connectivity index (χ0v) is 11.1. The van der Waals surface area contributed by atoms with E-state index in [4.69, 9.17) is 0 Å². The lowest BCUT2D eigenvalue weighted by atomic mass is 10.1. The first kappa shape index (κ1) is 12.5. The van der Waals surface area contributed by atoms with Crippen molar-refractivity contribution in [2.75, 3.05) is 23.4 Å². The maximum atomic E-state index is 12.0. The molecule has 2 rings (SSSR count). The second-order valence-electron chi connectivity index (χ2n) is 4.45. The minimum absolute atomic E-state index is 0.0606. The lowest BCUT2D eigenvalue weighted by molar-refractivity contribution is -0.117. The van der Waals surface area contributed by atoms with Crippen molar-refractivity contribution >= 4 is 23.4 Å². The minimum atomic E-state index is -0.0606. The SMILES string of the molecule is Cc1cc(C)cc(NC(=O)C2CSCCN2)c1. The second-order valence-corrected chi connectivity index (χ2v) is 5.60. The number of amides is 1. The third kappa shape index (κ3) is 3.48. The van der Waals surface area contributed by atoms with Crippen LogP contribution in [0.2, 0.25) is 0 Å². The van der Waals surface area contributed by atoms with E-state index in [2.05, 4.69) is 16.7 Å². The first-order valence-electron chi connectivity index (χ1n) is 5.85. The predicted molar refractivity (Wildman–Crippen MR) is 73.7 cm³/mol. The molecule has 0 bridgehead atoms. The fourth-order valence-corrected chi connectivity index (χ4v) is 2.94. The molecule has 1 amide bonds. The van der Waals surface area contributed by atoms with Gasteiger partial charge in [0.15, 0.2) is 0 Å². The van der Waals surface area contributed by atoms with Crippen molar-refractivity contribution < 1.29 is 4.79 Å². The Kier molecular flexibility index (Phi) is 4.07. The Labute approximate surface area is 106 Å². The summed E-state index contributed by atoms with van der Waals surface area (Å²) >= 11 is 1.82. The van der Waals surface area contributed by atoms with Gasteiger partial charge in [0.25, 0.3) is 0 Å². The molecule has 1 aromatic carbocycles. The highest BCUT2D eigenvalue weighted by atomic mass is 32.2. The van der Waals surface area contributed by atoms with Crippen LogP contribution in [0, 0.1) is 13.8 Å². The van der Waals surface area contributed by atoms with E-state index in [1.165, 1.54) is 11.1 Å². The van der Waals surface area contributed by atoms with Crippen molar-refractivity contribution in [1.82, 2.24) is 5.32 Å². The van der Waals surface area contributed by atoms with Gasteiger partial charge in [-0.3, -0.25) is 4.79 Å². The molecule has 1 fully saturated rings. The van der Waals surface area contributed by atoms with Crippen LogP contribution in [0.5, 0.6) is 0 Å². The quantitative estimate of drug-likeness (QED) is 0.843. The van der Waals surface area contributed by atoms with Gasteiger partial charge in [-0.1, -0.05) is 6.07 Å². The molecule has 1 aliphatic rings. The van der Waals surface area contributed by atoms with Gasteiger partial charge in [-0.15, -0.1) is 0 Å². The van der Waals surface area contributed by atoms with Crippen LogP contribution in [0.25, 0.3) is 0 Å². The van der Waals surface area contributed by atoms with Gasteiger partial charge in [-0.25, -0.2) is 0 Å². The van der Waals surface area contributed by atoms with Gasteiger partial charge in [0.1, 0.15) is 0 Å². The van der Waals surface area contributed by atoms with Crippen LogP contribution < -0.4 is 10.6 Å². The molecular formula is C13H18N2OS. The molecule has 1 unspecified atom stereocenters. The number of hydrogen-bond donors (Lipinski definition) is 2. The topological polar surface area (TPSA) is 41.1 Å². The molecule has 0 spiro atoms. The molecule has 92 valence electrons. The number of rotatable bonds is 2. The molecule has 2 N–H and O–H groups in total. The van der Waals surface area contributed by atoms with Crippen LogP contribution >= 0.6 is 11.8 Å². The predicted octanol–water partition coefficient (Wildman–Crippen LogP) is 1.95. The molecule has 4 heteroatoms. The number of carbonyl (C=O) groups excluding carboxylic acids is 1. The summed E-state index contributed by atoms with van der Waals surface area (Å²) in [6.45, 7) is 4.99. The van der Waals surface area contributed by atoms with Gasteiger partial charge in [-0.05, 0) is 37.1 Å². The van der Waals surface area contributed by atoms with Gasteiger partial charge in [-0.2, -0.15) is 11.8 Å². The minimum Gasteiger partial charge on any atom is -0.325 e. The summed E-state index contributed by atoms with van der Waals surface area (Å²) in [5.74, 6) is 2.02. The number of carbonyl (C=O) groups is 1. The standard InChI is InChI=1S/C13H18N2OS/c1-9-5-10(2)7-11(6-9)15-13(16)12-8-17-4-3-14-12/h5-7,12,14H,3-4,8H2,1-2H3,(H,15,16). The highest BCUT2D eigenvalue weighted by molar-refractivity contribution is 7.99. The van der Waals surface area contributed by atoms with Crippen molar-refractivity contribution in [3.63, 3.8) is 0 Å². The maximum Gasteiger partial charge on any atom is 0.242 e. The van der Waals surface area contributed by atoms with Gasteiger partial charge >= 0.3 is 0 Å². The summed E-state index contributed by atoms with van der Waals surface area (Å²) in [4.78, 5) is 12.0. The van der Waals surface area contributed by atoms with Crippen LogP contribution in [0.3, 0.4) is 0 Å². The average Bonchev–Trinajstić information content (AvgIpc) is 2.28. The Morgan fingerprint density at radius 2 is 2.06 bits per heavy atom. The Bertz CT molecular complexity index is 394. The zero-order chi connectivity index (χ0) is 12.3. The molecular weight excluding hydrogens is 232 g/mol. The Morgan fingerprint density at radius 1 is 1.35 bits per heavy atom. The largest absolute Gasteiger partial charge is 0.325 e. The second kappa shape index (κ2) is 5.56. The number of hydrogen-bond acceptors (Lipinski definition) is 3. The first-order valence-corrected chi connectivity index (χ1v) is 7.01. The van der Waals surface area contributed by atoms with E-state index in [1.807, 2.05) is 37.7 Å². The lowest BCUT2D eigenvalue weighted by Gasteiger charge is -2.22. The highest BCUT2D eigenvalue weighted by Gasteiger charge is 2.20. The maximum absolute atomic E-state index is 12.0. The number of nitrogens with one attached hydrogen (secondary N) is 2. The number of anilines is 1. The smallest absolute Gasteiger partial charge is 0.242 e. The van der Waals surface area contributed by atoms with E-state index in [0.717, 1.165) is 23.7 Å². The van der Waals surface area contributed by atoms with Crippen molar-refractivity contribution in [2.24, 2.45) is 0 Å². The van der Waals surface area contributed by atoms with Crippen molar-refractivity contribution in [2.45, 2.75) is 19.9 Å². The molecule has 1 aromatic rings. The van der Waals surface area contributed by atoms with Crippen molar-refractivity contribution in [3.05, 3.63) is 29.3 Å². The van der Waals surface area contributed by atoms with Crippen LogP contribution in [0.15, 0.2) is 18.2 Å². The summed E-state index contributed by atoms with van der Waals surface area (Å²) in [6.07, 6.45) is 0. The molecule has 0 aliphatic carbocycles. The van der Waals surface area contributed by atoms with Crippen LogP contribution in [-0.2, 0) is 4.79 Å². The fraction of sp³-hybridized carbons (Fsp3) is 0.462. The van der Waals surface area contributed by atoms with E-state index in [1.54, 1.807) is 0 Å². The summed E-state index contributed by atoms with van der Waals surface area (Å²) < 4.78 is 0. The molecule has 1 aliphatic heterocycles. The van der Waals surface area contributed by atoms with E-state index in [-0.39, 0.29) is 11.9 Å². The normalized spacial score (nSPS) is 20.0. The van der Waals surface area contributed by atoms with Crippen LogP contribution in [0.4, 0.5) is 5.69 Å². The van der Waals surface area contributed by atoms with Crippen LogP contribution in [0.1, 0.15) is 11.1 Å². The lowest BCUT2D eigenvalue weighted by Crippen LogP contribution is -2.46. The van der Waals surface area contributed by atoms with Crippen molar-refractivity contribution in [1.29, 1.82) is 0 Å². The highest BCUT2D eigenvalue weighted by Crippen LogP contribution is 2.15. The van der Waals surface area contributed by atoms with Gasteiger partial charge < -0.3 is 10.6 Å². The molecule has 0 aromatic heterocycles.